The number of piperidine rings is 1. The molecule has 0 unspecified atom stereocenters. The summed E-state index contributed by atoms with van der Waals surface area (Å²) in [6.45, 7) is 2.85. The van der Waals surface area contributed by atoms with E-state index in [0.717, 1.165) is 18.8 Å². The molecule has 4 nitrogen and oxygen atoms in total. The van der Waals surface area contributed by atoms with Crippen LogP contribution in [0.5, 0.6) is 5.75 Å². The third kappa shape index (κ3) is 5.55. The van der Waals surface area contributed by atoms with Crippen LogP contribution in [0, 0.1) is 5.82 Å². The molecule has 5 heteroatoms. The molecule has 2 aromatic carbocycles. The molecule has 1 heterocycles. The summed E-state index contributed by atoms with van der Waals surface area (Å²) in [6, 6.07) is 15.0. The van der Waals surface area contributed by atoms with E-state index in [4.69, 9.17) is 4.74 Å². The Morgan fingerprint density at radius 3 is 2.50 bits per heavy atom. The molecular weight excluding hydrogens is 355 g/mol. The van der Waals surface area contributed by atoms with Crippen molar-refractivity contribution in [3.05, 3.63) is 65.5 Å². The topological polar surface area (TPSA) is 42.8 Å². The average molecular weight is 386 g/mol. The first-order valence-electron chi connectivity index (χ1n) is 10.2. The van der Waals surface area contributed by atoms with Gasteiger partial charge in [0, 0.05) is 12.0 Å². The van der Waals surface area contributed by atoms with Crippen LogP contribution in [0.2, 0.25) is 0 Å². The van der Waals surface area contributed by atoms with Gasteiger partial charge in [-0.2, -0.15) is 0 Å². The molecule has 0 saturated carbocycles. The van der Waals surface area contributed by atoms with Gasteiger partial charge in [-0.05, 0) is 61.6 Å². The van der Waals surface area contributed by atoms with E-state index in [0.29, 0.717) is 24.9 Å². The highest BCUT2D eigenvalue weighted by Gasteiger charge is 2.26. The van der Waals surface area contributed by atoms with Crippen LogP contribution in [0.15, 0.2) is 48.5 Å². The molecule has 1 atom stereocenters. The lowest BCUT2D eigenvalue weighted by atomic mass is 10.0. The maximum atomic E-state index is 13.7. The number of halogens is 1. The van der Waals surface area contributed by atoms with Gasteiger partial charge in [0.15, 0.2) is 0 Å². The van der Waals surface area contributed by atoms with E-state index < -0.39 is 0 Å². The molecule has 1 aliphatic heterocycles. The van der Waals surface area contributed by atoms with Gasteiger partial charge in [-0.3, -0.25) is 4.79 Å². The first-order valence-corrected chi connectivity index (χ1v) is 10.2. The number of nitrogens with one attached hydrogen (secondary N) is 2. The Bertz CT molecular complexity index is 757. The van der Waals surface area contributed by atoms with Gasteiger partial charge in [0.1, 0.15) is 17.6 Å². The number of quaternary nitrogens is 1. The maximum absolute atomic E-state index is 13.7. The van der Waals surface area contributed by atoms with E-state index in [2.05, 4.69) is 17.4 Å². The predicted molar refractivity (Wildman–Crippen MR) is 108 cm³/mol. The van der Waals surface area contributed by atoms with Crippen LogP contribution < -0.4 is 15.0 Å². The SMILES string of the molecule is COc1ccc([C@@H](CNC(=O)CCc2ccccc2F)[NH+]2CCCCC2)cc1. The minimum absolute atomic E-state index is 0.0295. The highest BCUT2D eigenvalue weighted by Crippen LogP contribution is 2.17. The summed E-state index contributed by atoms with van der Waals surface area (Å²) in [4.78, 5) is 13.9. The molecule has 28 heavy (non-hydrogen) atoms. The molecule has 1 amide bonds. The van der Waals surface area contributed by atoms with Crippen molar-refractivity contribution in [2.45, 2.75) is 38.1 Å². The summed E-state index contributed by atoms with van der Waals surface area (Å²) in [5.41, 5.74) is 1.80. The minimum Gasteiger partial charge on any atom is -0.497 e. The zero-order valence-electron chi connectivity index (χ0n) is 16.5. The molecule has 0 aliphatic carbocycles. The van der Waals surface area contributed by atoms with Gasteiger partial charge >= 0.3 is 0 Å². The molecule has 0 aromatic heterocycles. The van der Waals surface area contributed by atoms with Gasteiger partial charge in [0.25, 0.3) is 0 Å². The number of rotatable bonds is 8. The molecule has 0 spiro atoms. The van der Waals surface area contributed by atoms with Crippen molar-refractivity contribution < 1.29 is 18.8 Å². The second-order valence-electron chi connectivity index (χ2n) is 7.44. The minimum atomic E-state index is -0.246. The van der Waals surface area contributed by atoms with Crippen LogP contribution >= 0.6 is 0 Å². The molecule has 0 radical (unpaired) electrons. The Kier molecular flexibility index (Phi) is 7.43. The average Bonchev–Trinajstić information content (AvgIpc) is 2.74. The van der Waals surface area contributed by atoms with Crippen molar-refractivity contribution in [1.82, 2.24) is 5.32 Å². The first-order chi connectivity index (χ1) is 13.7. The standard InChI is InChI=1S/C23H29FN2O2/c1-28-20-12-9-19(10-13-20)22(26-15-5-2-6-16-26)17-25-23(27)14-11-18-7-3-4-8-21(18)24/h3-4,7-10,12-13,22H,2,5-6,11,14-17H2,1H3,(H,25,27)/p+1/t22-/m1/s1. The zero-order chi connectivity index (χ0) is 19.8. The lowest BCUT2D eigenvalue weighted by Gasteiger charge is -2.32. The number of carbonyl (C=O) groups is 1. The monoisotopic (exact) mass is 385 g/mol. The van der Waals surface area contributed by atoms with E-state index in [1.807, 2.05) is 12.1 Å². The van der Waals surface area contributed by atoms with Gasteiger partial charge < -0.3 is 15.0 Å². The molecule has 2 N–H and O–H groups in total. The molecule has 1 fully saturated rings. The summed E-state index contributed by atoms with van der Waals surface area (Å²) in [7, 11) is 1.66. The summed E-state index contributed by atoms with van der Waals surface area (Å²) in [5, 5.41) is 3.08. The van der Waals surface area contributed by atoms with Crippen LogP contribution in [-0.4, -0.2) is 32.7 Å². The summed E-state index contributed by atoms with van der Waals surface area (Å²) in [6.07, 6.45) is 4.45. The maximum Gasteiger partial charge on any atom is 0.220 e. The van der Waals surface area contributed by atoms with Crippen molar-refractivity contribution in [1.29, 1.82) is 0 Å². The van der Waals surface area contributed by atoms with Crippen LogP contribution in [0.25, 0.3) is 0 Å². The number of hydrogen-bond donors (Lipinski definition) is 2. The molecule has 150 valence electrons. The van der Waals surface area contributed by atoms with E-state index >= 15 is 0 Å². The second kappa shape index (κ2) is 10.2. The fourth-order valence-electron chi connectivity index (χ4n) is 3.94. The van der Waals surface area contributed by atoms with Gasteiger partial charge in [0.2, 0.25) is 5.91 Å². The zero-order valence-corrected chi connectivity index (χ0v) is 16.5. The fourth-order valence-corrected chi connectivity index (χ4v) is 3.94. The van der Waals surface area contributed by atoms with Gasteiger partial charge in [-0.25, -0.2) is 4.39 Å². The van der Waals surface area contributed by atoms with Gasteiger partial charge in [-0.1, -0.05) is 18.2 Å². The Hall–Kier alpha value is -2.40. The van der Waals surface area contributed by atoms with Crippen molar-refractivity contribution >= 4 is 5.91 Å². The summed E-state index contributed by atoms with van der Waals surface area (Å²) in [5.74, 6) is 0.562. The predicted octanol–water partition coefficient (Wildman–Crippen LogP) is 2.69. The molecule has 1 aliphatic rings. The lowest BCUT2D eigenvalue weighted by molar-refractivity contribution is -0.935. The van der Waals surface area contributed by atoms with Gasteiger partial charge in [-0.15, -0.1) is 0 Å². The van der Waals surface area contributed by atoms with Crippen molar-refractivity contribution in [3.8, 4) is 5.75 Å². The summed E-state index contributed by atoms with van der Waals surface area (Å²) >= 11 is 0. The molecule has 2 aromatic rings. The Morgan fingerprint density at radius 1 is 1.11 bits per heavy atom. The third-order valence-electron chi connectivity index (χ3n) is 5.59. The van der Waals surface area contributed by atoms with Crippen molar-refractivity contribution in [2.75, 3.05) is 26.7 Å². The molecule has 0 bridgehead atoms. The Balaban J connectivity index is 1.60. The van der Waals surface area contributed by atoms with E-state index in [1.54, 1.807) is 25.3 Å². The Morgan fingerprint density at radius 2 is 1.82 bits per heavy atom. The van der Waals surface area contributed by atoms with Crippen molar-refractivity contribution in [2.24, 2.45) is 0 Å². The van der Waals surface area contributed by atoms with Crippen LogP contribution in [0.3, 0.4) is 0 Å². The van der Waals surface area contributed by atoms with E-state index in [9.17, 15) is 9.18 Å². The number of benzene rings is 2. The lowest BCUT2D eigenvalue weighted by Crippen LogP contribution is -3.13. The number of carbonyl (C=O) groups excluding carboxylic acids is 1. The fraction of sp³-hybridized carbons (Fsp3) is 0.435. The van der Waals surface area contributed by atoms with Crippen LogP contribution in [0.4, 0.5) is 4.39 Å². The smallest absolute Gasteiger partial charge is 0.220 e. The largest absolute Gasteiger partial charge is 0.497 e. The summed E-state index contributed by atoms with van der Waals surface area (Å²) < 4.78 is 19.0. The van der Waals surface area contributed by atoms with Crippen LogP contribution in [-0.2, 0) is 11.2 Å². The second-order valence-corrected chi connectivity index (χ2v) is 7.44. The number of likely N-dealkylation sites (tertiary alicyclic amines) is 1. The normalized spacial score (nSPS) is 15.8. The van der Waals surface area contributed by atoms with Crippen molar-refractivity contribution in [3.63, 3.8) is 0 Å². The number of amides is 1. The number of aryl methyl sites for hydroxylation is 1. The number of hydrogen-bond acceptors (Lipinski definition) is 2. The molecular formula is C23H30FN2O2+. The van der Waals surface area contributed by atoms with Gasteiger partial charge in [0.05, 0.1) is 26.7 Å². The first kappa shape index (κ1) is 20.3. The van der Waals surface area contributed by atoms with E-state index in [-0.39, 0.29) is 17.8 Å². The highest BCUT2D eigenvalue weighted by atomic mass is 19.1. The highest BCUT2D eigenvalue weighted by molar-refractivity contribution is 5.76. The quantitative estimate of drug-likeness (QED) is 0.734. The third-order valence-corrected chi connectivity index (χ3v) is 5.59. The number of methoxy groups -OCH3 is 1. The Labute approximate surface area is 166 Å². The van der Waals surface area contributed by atoms with Crippen LogP contribution in [0.1, 0.15) is 42.9 Å². The molecule has 3 rings (SSSR count). The van der Waals surface area contributed by atoms with E-state index in [1.165, 1.54) is 35.8 Å². The number of ether oxygens (including phenoxy) is 1. The molecule has 1 saturated heterocycles.